The molecule has 0 spiro atoms. The number of rotatable bonds is 5. The fraction of sp³-hybridized carbons (Fsp3) is 0.750. The summed E-state index contributed by atoms with van der Waals surface area (Å²) >= 11 is 0. The maximum absolute atomic E-state index is 4.80. The summed E-state index contributed by atoms with van der Waals surface area (Å²) in [6, 6.07) is 3.46. The van der Waals surface area contributed by atoms with Crippen LogP contribution in [0.25, 0.3) is 0 Å². The van der Waals surface area contributed by atoms with Crippen LogP contribution in [0.3, 0.4) is 0 Å². The molecule has 1 atom stereocenters. The zero-order valence-corrected chi connectivity index (χ0v) is 12.9. The third-order valence-corrected chi connectivity index (χ3v) is 4.31. The molecule has 4 heteroatoms. The zero-order valence-electron chi connectivity index (χ0n) is 12.9. The lowest BCUT2D eigenvalue weighted by atomic mass is 10.1. The van der Waals surface area contributed by atoms with Crippen LogP contribution in [0.4, 0.5) is 5.95 Å². The minimum atomic E-state index is 0.459. The minimum absolute atomic E-state index is 0.459. The van der Waals surface area contributed by atoms with Crippen molar-refractivity contribution in [2.75, 3.05) is 18.0 Å². The van der Waals surface area contributed by atoms with E-state index in [0.29, 0.717) is 12.0 Å². The summed E-state index contributed by atoms with van der Waals surface area (Å²) in [5, 5.41) is 3.65. The normalized spacial score (nSPS) is 22.8. The van der Waals surface area contributed by atoms with Crippen molar-refractivity contribution < 1.29 is 0 Å². The molecule has 1 aliphatic heterocycles. The number of hydrogen-bond donors (Lipinski definition) is 1. The van der Waals surface area contributed by atoms with Crippen LogP contribution >= 0.6 is 0 Å². The predicted octanol–water partition coefficient (Wildman–Crippen LogP) is 2.63. The molecule has 1 saturated carbocycles. The Kier molecular flexibility index (Phi) is 3.92. The van der Waals surface area contributed by atoms with E-state index in [1.807, 2.05) is 0 Å². The van der Waals surface area contributed by atoms with Gasteiger partial charge in [0.25, 0.3) is 0 Å². The second-order valence-electron chi connectivity index (χ2n) is 6.56. The van der Waals surface area contributed by atoms with Gasteiger partial charge in [0.1, 0.15) is 0 Å². The third-order valence-electron chi connectivity index (χ3n) is 4.31. The lowest BCUT2D eigenvalue weighted by Crippen LogP contribution is -2.39. The molecule has 2 aliphatic rings. The van der Waals surface area contributed by atoms with E-state index in [-0.39, 0.29) is 0 Å². The first-order valence-electron chi connectivity index (χ1n) is 7.99. The van der Waals surface area contributed by atoms with Crippen molar-refractivity contribution in [3.63, 3.8) is 0 Å². The second-order valence-corrected chi connectivity index (χ2v) is 6.56. The van der Waals surface area contributed by atoms with Crippen molar-refractivity contribution in [2.45, 2.75) is 64.5 Å². The molecule has 1 aromatic rings. The Morgan fingerprint density at radius 1 is 1.30 bits per heavy atom. The van der Waals surface area contributed by atoms with Crippen LogP contribution in [-0.4, -0.2) is 35.1 Å². The van der Waals surface area contributed by atoms with Gasteiger partial charge in [0.2, 0.25) is 5.95 Å². The average Bonchev–Trinajstić information content (AvgIpc) is 3.12. The molecule has 3 rings (SSSR count). The van der Waals surface area contributed by atoms with Crippen molar-refractivity contribution in [1.82, 2.24) is 15.3 Å². The van der Waals surface area contributed by atoms with Gasteiger partial charge in [-0.25, -0.2) is 9.97 Å². The summed E-state index contributed by atoms with van der Waals surface area (Å²) in [4.78, 5) is 11.9. The van der Waals surface area contributed by atoms with Crippen LogP contribution in [0.2, 0.25) is 0 Å². The van der Waals surface area contributed by atoms with E-state index in [2.05, 4.69) is 42.0 Å². The van der Waals surface area contributed by atoms with Crippen molar-refractivity contribution in [3.8, 4) is 0 Å². The van der Waals surface area contributed by atoms with E-state index < -0.39 is 0 Å². The van der Waals surface area contributed by atoms with E-state index in [9.17, 15) is 0 Å². The lowest BCUT2D eigenvalue weighted by molar-refractivity contribution is 0.564. The first kappa shape index (κ1) is 13.8. The van der Waals surface area contributed by atoms with Crippen molar-refractivity contribution in [3.05, 3.63) is 17.5 Å². The number of nitrogens with one attached hydrogen (secondary N) is 1. The Bertz CT molecular complexity index is 468. The molecule has 0 aromatic carbocycles. The Hall–Kier alpha value is -1.16. The van der Waals surface area contributed by atoms with Crippen molar-refractivity contribution in [1.29, 1.82) is 0 Å². The molecule has 2 fully saturated rings. The van der Waals surface area contributed by atoms with E-state index >= 15 is 0 Å². The smallest absolute Gasteiger partial charge is 0.226 e. The summed E-state index contributed by atoms with van der Waals surface area (Å²) in [6.07, 6.45) is 5.22. The highest BCUT2D eigenvalue weighted by atomic mass is 15.3. The van der Waals surface area contributed by atoms with E-state index in [1.54, 1.807) is 0 Å². The molecule has 0 amide bonds. The Balaban J connectivity index is 1.75. The Morgan fingerprint density at radius 2 is 2.10 bits per heavy atom. The molecule has 20 heavy (non-hydrogen) atoms. The summed E-state index contributed by atoms with van der Waals surface area (Å²) in [7, 11) is 0. The molecule has 2 heterocycles. The van der Waals surface area contributed by atoms with Crippen LogP contribution in [0.1, 0.15) is 56.8 Å². The van der Waals surface area contributed by atoms with Gasteiger partial charge < -0.3 is 10.2 Å². The number of nitrogens with zero attached hydrogens (tertiary/aromatic N) is 3. The fourth-order valence-corrected chi connectivity index (χ4v) is 2.90. The number of aromatic nitrogens is 2. The Labute approximate surface area is 122 Å². The highest BCUT2D eigenvalue weighted by Crippen LogP contribution is 2.25. The van der Waals surface area contributed by atoms with Gasteiger partial charge in [0.15, 0.2) is 0 Å². The fourth-order valence-electron chi connectivity index (χ4n) is 2.90. The molecule has 1 aromatic heterocycles. The third kappa shape index (κ3) is 3.11. The van der Waals surface area contributed by atoms with Gasteiger partial charge in [-0.2, -0.15) is 0 Å². The molecule has 0 radical (unpaired) electrons. The van der Waals surface area contributed by atoms with Crippen LogP contribution < -0.4 is 10.2 Å². The molecule has 1 saturated heterocycles. The summed E-state index contributed by atoms with van der Waals surface area (Å²) in [5.41, 5.74) is 2.24. The molecule has 110 valence electrons. The quantitative estimate of drug-likeness (QED) is 0.896. The lowest BCUT2D eigenvalue weighted by Gasteiger charge is -2.26. The van der Waals surface area contributed by atoms with Gasteiger partial charge in [-0.1, -0.05) is 13.8 Å². The van der Waals surface area contributed by atoms with Gasteiger partial charge in [0, 0.05) is 36.6 Å². The van der Waals surface area contributed by atoms with Crippen molar-refractivity contribution >= 4 is 5.95 Å². The SMILES string of the molecule is Cc1cc(C(C)C)nc(N2CCCC2CNC2CC2)n1. The summed E-state index contributed by atoms with van der Waals surface area (Å²) in [5.74, 6) is 1.40. The topological polar surface area (TPSA) is 41.1 Å². The zero-order chi connectivity index (χ0) is 14.1. The van der Waals surface area contributed by atoms with Crippen LogP contribution in [0.15, 0.2) is 6.07 Å². The van der Waals surface area contributed by atoms with Gasteiger partial charge in [-0.05, 0) is 44.6 Å². The first-order chi connectivity index (χ1) is 9.63. The molecule has 1 unspecified atom stereocenters. The van der Waals surface area contributed by atoms with Crippen LogP contribution in [-0.2, 0) is 0 Å². The molecular formula is C16H26N4. The van der Waals surface area contributed by atoms with Crippen LogP contribution in [0, 0.1) is 6.92 Å². The highest BCUT2D eigenvalue weighted by Gasteiger charge is 2.29. The second kappa shape index (κ2) is 5.68. The minimum Gasteiger partial charge on any atom is -0.337 e. The predicted molar refractivity (Wildman–Crippen MR) is 82.3 cm³/mol. The Morgan fingerprint density at radius 3 is 2.80 bits per heavy atom. The van der Waals surface area contributed by atoms with Gasteiger partial charge in [-0.3, -0.25) is 0 Å². The van der Waals surface area contributed by atoms with E-state index in [4.69, 9.17) is 4.98 Å². The summed E-state index contributed by atoms with van der Waals surface area (Å²) in [6.45, 7) is 8.64. The monoisotopic (exact) mass is 274 g/mol. The summed E-state index contributed by atoms with van der Waals surface area (Å²) < 4.78 is 0. The highest BCUT2D eigenvalue weighted by molar-refractivity contribution is 5.36. The van der Waals surface area contributed by atoms with Gasteiger partial charge in [-0.15, -0.1) is 0 Å². The van der Waals surface area contributed by atoms with Crippen LogP contribution in [0.5, 0.6) is 0 Å². The van der Waals surface area contributed by atoms with Gasteiger partial charge in [0.05, 0.1) is 0 Å². The molecule has 1 N–H and O–H groups in total. The van der Waals surface area contributed by atoms with Gasteiger partial charge >= 0.3 is 0 Å². The molecular weight excluding hydrogens is 248 g/mol. The maximum atomic E-state index is 4.80. The van der Waals surface area contributed by atoms with E-state index in [0.717, 1.165) is 36.5 Å². The average molecular weight is 274 g/mol. The number of anilines is 1. The van der Waals surface area contributed by atoms with E-state index in [1.165, 1.54) is 25.7 Å². The molecule has 0 bridgehead atoms. The number of aryl methyl sites for hydroxylation is 1. The maximum Gasteiger partial charge on any atom is 0.226 e. The first-order valence-corrected chi connectivity index (χ1v) is 7.99. The molecule has 4 nitrogen and oxygen atoms in total. The van der Waals surface area contributed by atoms with Crippen molar-refractivity contribution in [2.24, 2.45) is 0 Å². The largest absolute Gasteiger partial charge is 0.337 e. The number of hydrogen-bond acceptors (Lipinski definition) is 4. The molecule has 1 aliphatic carbocycles. The standard InChI is InChI=1S/C16H26N4/c1-11(2)15-9-12(3)18-16(19-15)20-8-4-5-14(20)10-17-13-6-7-13/h9,11,13-14,17H,4-8,10H2,1-3H3.